The first-order valence-electron chi connectivity index (χ1n) is 8.38. The van der Waals surface area contributed by atoms with Crippen molar-refractivity contribution >= 4 is 11.7 Å². The van der Waals surface area contributed by atoms with E-state index in [-0.39, 0.29) is 18.7 Å². The summed E-state index contributed by atoms with van der Waals surface area (Å²) in [7, 11) is 1.60. The summed E-state index contributed by atoms with van der Waals surface area (Å²) in [6, 6.07) is 13.8. The third-order valence-electron chi connectivity index (χ3n) is 4.08. The van der Waals surface area contributed by atoms with Crippen molar-refractivity contribution in [3.63, 3.8) is 0 Å². The first kappa shape index (κ1) is 18.0. The second-order valence-corrected chi connectivity index (χ2v) is 5.84. The van der Waals surface area contributed by atoms with Gasteiger partial charge in [-0.15, -0.1) is 0 Å². The molecule has 0 aliphatic carbocycles. The SMILES string of the molecule is COc1cccc(Oc2ccc(NC(=O)N3CCOCC3CO)cc2)c1. The van der Waals surface area contributed by atoms with E-state index in [9.17, 15) is 9.90 Å². The van der Waals surface area contributed by atoms with Crippen molar-refractivity contribution in [3.05, 3.63) is 48.5 Å². The number of hydrogen-bond donors (Lipinski definition) is 2. The van der Waals surface area contributed by atoms with Crippen molar-refractivity contribution in [3.8, 4) is 17.2 Å². The number of morpholine rings is 1. The Morgan fingerprint density at radius 2 is 2.00 bits per heavy atom. The van der Waals surface area contributed by atoms with Crippen LogP contribution in [0, 0.1) is 0 Å². The Hall–Kier alpha value is -2.77. The zero-order valence-corrected chi connectivity index (χ0v) is 14.6. The second kappa shape index (κ2) is 8.55. The smallest absolute Gasteiger partial charge is 0.322 e. The molecule has 1 saturated heterocycles. The summed E-state index contributed by atoms with van der Waals surface area (Å²) in [5.74, 6) is 2.03. The Labute approximate surface area is 152 Å². The second-order valence-electron chi connectivity index (χ2n) is 5.84. The molecule has 2 amide bonds. The van der Waals surface area contributed by atoms with Crippen molar-refractivity contribution < 1.29 is 24.1 Å². The number of nitrogens with one attached hydrogen (secondary N) is 1. The van der Waals surface area contributed by atoms with Gasteiger partial charge >= 0.3 is 6.03 Å². The lowest BCUT2D eigenvalue weighted by Crippen LogP contribution is -2.52. The fourth-order valence-electron chi connectivity index (χ4n) is 2.68. The summed E-state index contributed by atoms with van der Waals surface area (Å²) in [5.41, 5.74) is 0.649. The molecular weight excluding hydrogens is 336 g/mol. The average Bonchev–Trinajstić information content (AvgIpc) is 2.69. The molecule has 1 atom stereocenters. The summed E-state index contributed by atoms with van der Waals surface area (Å²) in [5, 5.41) is 12.2. The van der Waals surface area contributed by atoms with Crippen LogP contribution in [0.1, 0.15) is 0 Å². The predicted molar refractivity (Wildman–Crippen MR) is 96.9 cm³/mol. The summed E-state index contributed by atoms with van der Waals surface area (Å²) in [4.78, 5) is 14.0. The normalized spacial score (nSPS) is 16.8. The fourth-order valence-corrected chi connectivity index (χ4v) is 2.68. The van der Waals surface area contributed by atoms with Gasteiger partial charge in [0.2, 0.25) is 0 Å². The van der Waals surface area contributed by atoms with Crippen LogP contribution in [-0.4, -0.2) is 55.6 Å². The van der Waals surface area contributed by atoms with Gasteiger partial charge in [-0.25, -0.2) is 4.79 Å². The number of nitrogens with zero attached hydrogens (tertiary/aromatic N) is 1. The van der Waals surface area contributed by atoms with Crippen molar-refractivity contribution in [2.24, 2.45) is 0 Å². The topological polar surface area (TPSA) is 80.3 Å². The van der Waals surface area contributed by atoms with Crippen LogP contribution in [0.25, 0.3) is 0 Å². The first-order chi connectivity index (χ1) is 12.7. The molecule has 1 aliphatic heterocycles. The quantitative estimate of drug-likeness (QED) is 0.859. The third kappa shape index (κ3) is 4.44. The molecule has 7 nitrogen and oxygen atoms in total. The number of urea groups is 1. The number of amides is 2. The number of hydrogen-bond acceptors (Lipinski definition) is 5. The van der Waals surface area contributed by atoms with Crippen molar-refractivity contribution in [2.75, 3.05) is 38.8 Å². The predicted octanol–water partition coefficient (Wildman–Crippen LogP) is 2.71. The summed E-state index contributed by atoms with van der Waals surface area (Å²) < 4.78 is 16.2. The van der Waals surface area contributed by atoms with Gasteiger partial charge in [0.15, 0.2) is 0 Å². The molecule has 3 rings (SSSR count). The number of rotatable bonds is 5. The van der Waals surface area contributed by atoms with Crippen LogP contribution < -0.4 is 14.8 Å². The van der Waals surface area contributed by atoms with Crippen molar-refractivity contribution in [1.29, 1.82) is 0 Å². The number of aliphatic hydroxyl groups excluding tert-OH is 1. The van der Waals surface area contributed by atoms with Gasteiger partial charge in [0.05, 0.1) is 33.0 Å². The molecule has 2 aromatic carbocycles. The zero-order chi connectivity index (χ0) is 18.4. The van der Waals surface area contributed by atoms with Gasteiger partial charge in [-0.1, -0.05) is 6.07 Å². The van der Waals surface area contributed by atoms with Crippen molar-refractivity contribution in [2.45, 2.75) is 6.04 Å². The van der Waals surface area contributed by atoms with Crippen LogP contribution >= 0.6 is 0 Å². The highest BCUT2D eigenvalue weighted by molar-refractivity contribution is 5.89. The first-order valence-corrected chi connectivity index (χ1v) is 8.38. The molecule has 138 valence electrons. The lowest BCUT2D eigenvalue weighted by molar-refractivity contribution is -0.00485. The van der Waals surface area contributed by atoms with Gasteiger partial charge in [-0.3, -0.25) is 0 Å². The van der Waals surface area contributed by atoms with Gasteiger partial charge in [0.1, 0.15) is 17.2 Å². The van der Waals surface area contributed by atoms with Gasteiger partial charge in [0.25, 0.3) is 0 Å². The van der Waals surface area contributed by atoms with Crippen LogP contribution in [-0.2, 0) is 4.74 Å². The molecule has 0 saturated carbocycles. The van der Waals surface area contributed by atoms with Gasteiger partial charge in [-0.05, 0) is 36.4 Å². The van der Waals surface area contributed by atoms with Crippen molar-refractivity contribution in [1.82, 2.24) is 4.90 Å². The fraction of sp³-hybridized carbons (Fsp3) is 0.316. The minimum Gasteiger partial charge on any atom is -0.497 e. The molecule has 0 aromatic heterocycles. The van der Waals surface area contributed by atoms with E-state index in [0.717, 1.165) is 5.75 Å². The van der Waals surface area contributed by atoms with Crippen LogP contribution in [0.15, 0.2) is 48.5 Å². The molecular formula is C19H22N2O5. The van der Waals surface area contributed by atoms with Crippen LogP contribution in [0.5, 0.6) is 17.2 Å². The molecule has 1 aliphatic rings. The Morgan fingerprint density at radius 3 is 2.73 bits per heavy atom. The van der Waals surface area contributed by atoms with Crippen LogP contribution in [0.2, 0.25) is 0 Å². The number of aliphatic hydroxyl groups is 1. The van der Waals surface area contributed by atoms with Crippen LogP contribution in [0.3, 0.4) is 0 Å². The van der Waals surface area contributed by atoms with E-state index in [2.05, 4.69) is 5.32 Å². The molecule has 0 spiro atoms. The number of methoxy groups -OCH3 is 1. The van der Waals surface area contributed by atoms with Gasteiger partial charge in [0, 0.05) is 18.3 Å². The molecule has 2 N–H and O–H groups in total. The maximum Gasteiger partial charge on any atom is 0.322 e. The molecule has 26 heavy (non-hydrogen) atoms. The monoisotopic (exact) mass is 358 g/mol. The van der Waals surface area contributed by atoms with E-state index in [0.29, 0.717) is 36.9 Å². The zero-order valence-electron chi connectivity index (χ0n) is 14.6. The molecule has 1 fully saturated rings. The van der Waals surface area contributed by atoms with Gasteiger partial charge < -0.3 is 29.5 Å². The Bertz CT molecular complexity index is 735. The molecule has 2 aromatic rings. The molecule has 1 unspecified atom stereocenters. The summed E-state index contributed by atoms with van der Waals surface area (Å²) in [6.07, 6.45) is 0. The lowest BCUT2D eigenvalue weighted by atomic mass is 10.2. The number of carbonyl (C=O) groups excluding carboxylic acids is 1. The summed E-state index contributed by atoms with van der Waals surface area (Å²) >= 11 is 0. The van der Waals surface area contributed by atoms with E-state index in [1.807, 2.05) is 18.2 Å². The minimum absolute atomic E-state index is 0.124. The summed E-state index contributed by atoms with van der Waals surface area (Å²) in [6.45, 7) is 1.14. The Balaban J connectivity index is 1.61. The van der Waals surface area contributed by atoms with E-state index >= 15 is 0 Å². The Morgan fingerprint density at radius 1 is 1.23 bits per heavy atom. The molecule has 0 bridgehead atoms. The van der Waals surface area contributed by atoms with E-state index in [1.165, 1.54) is 0 Å². The Kier molecular flexibility index (Phi) is 5.93. The van der Waals surface area contributed by atoms with Gasteiger partial charge in [-0.2, -0.15) is 0 Å². The van der Waals surface area contributed by atoms with E-state index < -0.39 is 0 Å². The number of benzene rings is 2. The highest BCUT2D eigenvalue weighted by Gasteiger charge is 2.26. The standard InChI is InChI=1S/C19H22N2O5/c1-24-17-3-2-4-18(11-17)26-16-7-5-14(6-8-16)20-19(23)21-9-10-25-13-15(21)12-22/h2-8,11,15,22H,9-10,12-13H2,1H3,(H,20,23). The maximum absolute atomic E-state index is 12.4. The minimum atomic E-state index is -0.320. The van der Waals surface area contributed by atoms with Crippen LogP contribution in [0.4, 0.5) is 10.5 Å². The number of carbonyl (C=O) groups is 1. The largest absolute Gasteiger partial charge is 0.497 e. The number of ether oxygens (including phenoxy) is 3. The molecule has 1 heterocycles. The maximum atomic E-state index is 12.4. The lowest BCUT2D eigenvalue weighted by Gasteiger charge is -2.34. The molecule has 0 radical (unpaired) electrons. The highest BCUT2D eigenvalue weighted by atomic mass is 16.5. The van der Waals surface area contributed by atoms with E-state index in [4.69, 9.17) is 14.2 Å². The molecule has 7 heteroatoms. The third-order valence-corrected chi connectivity index (χ3v) is 4.08. The number of anilines is 1. The van der Waals surface area contributed by atoms with E-state index in [1.54, 1.807) is 42.3 Å². The highest BCUT2D eigenvalue weighted by Crippen LogP contribution is 2.26. The average molecular weight is 358 g/mol.